The molecule has 0 aliphatic carbocycles. The van der Waals surface area contributed by atoms with Crippen molar-refractivity contribution in [2.75, 3.05) is 0 Å². The number of hydrogen-bond acceptors (Lipinski definition) is 3. The van der Waals surface area contributed by atoms with Gasteiger partial charge in [-0.3, -0.25) is 5.84 Å². The Morgan fingerprint density at radius 2 is 2.19 bits per heavy atom. The molecule has 16 heavy (non-hydrogen) atoms. The van der Waals surface area contributed by atoms with Gasteiger partial charge in [-0.1, -0.05) is 22.0 Å². The van der Waals surface area contributed by atoms with Gasteiger partial charge >= 0.3 is 0 Å². The number of hydrogen-bond donors (Lipinski definition) is 2. The van der Waals surface area contributed by atoms with E-state index < -0.39 is 0 Å². The SMILES string of the molecule is NNC(c1cccs1)c1cc(I)ccc1Br. The van der Waals surface area contributed by atoms with Crippen molar-refractivity contribution >= 4 is 49.9 Å². The minimum Gasteiger partial charge on any atom is -0.271 e. The molecule has 2 nitrogen and oxygen atoms in total. The second-order valence-electron chi connectivity index (χ2n) is 3.28. The maximum Gasteiger partial charge on any atom is 0.0813 e. The molecule has 2 aromatic rings. The second kappa shape index (κ2) is 5.59. The third-order valence-electron chi connectivity index (χ3n) is 2.26. The highest BCUT2D eigenvalue weighted by molar-refractivity contribution is 14.1. The van der Waals surface area contributed by atoms with Crippen LogP contribution in [0.5, 0.6) is 0 Å². The Bertz CT molecular complexity index is 473. The topological polar surface area (TPSA) is 38.0 Å². The first kappa shape index (κ1) is 12.5. The van der Waals surface area contributed by atoms with Crippen molar-refractivity contribution in [2.24, 2.45) is 5.84 Å². The molecule has 0 aliphatic heterocycles. The summed E-state index contributed by atoms with van der Waals surface area (Å²) in [6.45, 7) is 0. The minimum atomic E-state index is 0.0455. The third-order valence-corrected chi connectivity index (χ3v) is 4.59. The fourth-order valence-corrected chi connectivity index (χ4v) is 3.31. The number of hydrazine groups is 1. The van der Waals surface area contributed by atoms with Crippen molar-refractivity contribution in [3.8, 4) is 0 Å². The van der Waals surface area contributed by atoms with Crippen LogP contribution in [-0.4, -0.2) is 0 Å². The van der Waals surface area contributed by atoms with E-state index in [1.807, 2.05) is 6.07 Å². The summed E-state index contributed by atoms with van der Waals surface area (Å²) < 4.78 is 2.27. The molecule has 0 bridgehead atoms. The number of nitrogens with one attached hydrogen (secondary N) is 1. The molecule has 5 heteroatoms. The van der Waals surface area contributed by atoms with E-state index >= 15 is 0 Å². The molecule has 1 aromatic heterocycles. The molecular weight excluding hydrogens is 399 g/mol. The highest BCUT2D eigenvalue weighted by atomic mass is 127. The van der Waals surface area contributed by atoms with Gasteiger partial charge < -0.3 is 0 Å². The Morgan fingerprint density at radius 1 is 1.38 bits per heavy atom. The molecule has 0 aliphatic rings. The lowest BCUT2D eigenvalue weighted by Gasteiger charge is -2.16. The second-order valence-corrected chi connectivity index (χ2v) is 6.36. The highest BCUT2D eigenvalue weighted by Crippen LogP contribution is 2.31. The molecule has 0 saturated carbocycles. The van der Waals surface area contributed by atoms with Crippen molar-refractivity contribution < 1.29 is 0 Å². The Balaban J connectivity index is 2.44. The maximum atomic E-state index is 5.65. The lowest BCUT2D eigenvalue weighted by Crippen LogP contribution is -2.28. The number of thiophene rings is 1. The van der Waals surface area contributed by atoms with Crippen LogP contribution in [0.1, 0.15) is 16.5 Å². The smallest absolute Gasteiger partial charge is 0.0813 e. The first-order valence-electron chi connectivity index (χ1n) is 4.67. The van der Waals surface area contributed by atoms with Crippen LogP contribution in [0.25, 0.3) is 0 Å². The van der Waals surface area contributed by atoms with Gasteiger partial charge in [-0.25, -0.2) is 5.43 Å². The molecule has 84 valence electrons. The first-order chi connectivity index (χ1) is 7.72. The van der Waals surface area contributed by atoms with E-state index in [1.54, 1.807) is 11.3 Å². The number of benzene rings is 1. The van der Waals surface area contributed by atoms with Crippen LogP contribution in [-0.2, 0) is 0 Å². The van der Waals surface area contributed by atoms with Crippen LogP contribution >= 0.6 is 49.9 Å². The van der Waals surface area contributed by atoms with Gasteiger partial charge in [0, 0.05) is 12.9 Å². The predicted octanol–water partition coefficient (Wildman–Crippen LogP) is 3.67. The fourth-order valence-electron chi connectivity index (χ4n) is 1.52. The van der Waals surface area contributed by atoms with Crippen LogP contribution < -0.4 is 11.3 Å². The molecule has 2 rings (SSSR count). The van der Waals surface area contributed by atoms with E-state index in [0.29, 0.717) is 0 Å². The standard InChI is InChI=1S/C11H10BrIN2S/c12-9-4-3-7(13)6-8(9)11(15-14)10-2-1-5-16-10/h1-6,11,15H,14H2. The maximum absolute atomic E-state index is 5.65. The Kier molecular flexibility index (Phi) is 4.37. The predicted molar refractivity (Wildman–Crippen MR) is 80.3 cm³/mol. The van der Waals surface area contributed by atoms with Crippen LogP contribution in [0.2, 0.25) is 0 Å². The lowest BCUT2D eigenvalue weighted by molar-refractivity contribution is 0.644. The van der Waals surface area contributed by atoms with Gasteiger partial charge in [0.2, 0.25) is 0 Å². The zero-order chi connectivity index (χ0) is 11.5. The monoisotopic (exact) mass is 408 g/mol. The van der Waals surface area contributed by atoms with Gasteiger partial charge in [-0.15, -0.1) is 11.3 Å². The molecule has 1 heterocycles. The van der Waals surface area contributed by atoms with Gasteiger partial charge in [0.05, 0.1) is 6.04 Å². The zero-order valence-electron chi connectivity index (χ0n) is 8.28. The molecule has 0 fully saturated rings. The Labute approximate surface area is 120 Å². The van der Waals surface area contributed by atoms with Crippen LogP contribution in [0.3, 0.4) is 0 Å². The van der Waals surface area contributed by atoms with Gasteiger partial charge in [0.15, 0.2) is 0 Å². The van der Waals surface area contributed by atoms with Crippen molar-refractivity contribution in [1.29, 1.82) is 0 Å². The van der Waals surface area contributed by atoms with E-state index in [0.717, 1.165) is 10.0 Å². The Morgan fingerprint density at radius 3 is 2.81 bits per heavy atom. The van der Waals surface area contributed by atoms with E-state index in [1.165, 1.54) is 8.45 Å². The summed E-state index contributed by atoms with van der Waals surface area (Å²) in [6.07, 6.45) is 0. The first-order valence-corrected chi connectivity index (χ1v) is 7.42. The normalized spacial score (nSPS) is 12.7. The largest absolute Gasteiger partial charge is 0.271 e. The minimum absolute atomic E-state index is 0.0455. The van der Waals surface area contributed by atoms with Crippen molar-refractivity contribution in [2.45, 2.75) is 6.04 Å². The molecule has 0 amide bonds. The van der Waals surface area contributed by atoms with Gasteiger partial charge in [0.25, 0.3) is 0 Å². The quantitative estimate of drug-likeness (QED) is 0.462. The summed E-state index contributed by atoms with van der Waals surface area (Å²) in [4.78, 5) is 1.21. The summed E-state index contributed by atoms with van der Waals surface area (Å²) in [7, 11) is 0. The summed E-state index contributed by atoms with van der Waals surface area (Å²) in [5.41, 5.74) is 4.03. The van der Waals surface area contributed by atoms with Gasteiger partial charge in [0.1, 0.15) is 0 Å². The summed E-state index contributed by atoms with van der Waals surface area (Å²) >= 11 is 7.57. The van der Waals surface area contributed by atoms with Crippen molar-refractivity contribution in [3.63, 3.8) is 0 Å². The van der Waals surface area contributed by atoms with Gasteiger partial charge in [-0.2, -0.15) is 0 Å². The van der Waals surface area contributed by atoms with E-state index in [4.69, 9.17) is 5.84 Å². The molecule has 3 N–H and O–H groups in total. The molecule has 0 spiro atoms. The lowest BCUT2D eigenvalue weighted by atomic mass is 10.1. The summed E-state index contributed by atoms with van der Waals surface area (Å²) in [5, 5.41) is 2.06. The summed E-state index contributed by atoms with van der Waals surface area (Å²) in [6, 6.07) is 10.4. The number of halogens is 2. The van der Waals surface area contributed by atoms with E-state index in [9.17, 15) is 0 Å². The average Bonchev–Trinajstić information content (AvgIpc) is 2.78. The molecule has 1 atom stereocenters. The van der Waals surface area contributed by atoms with E-state index in [-0.39, 0.29) is 6.04 Å². The molecule has 0 radical (unpaired) electrons. The molecule has 1 aromatic carbocycles. The average molecular weight is 409 g/mol. The zero-order valence-corrected chi connectivity index (χ0v) is 12.8. The van der Waals surface area contributed by atoms with Crippen LogP contribution in [0.15, 0.2) is 40.2 Å². The van der Waals surface area contributed by atoms with Crippen LogP contribution in [0, 0.1) is 3.57 Å². The van der Waals surface area contributed by atoms with Crippen LogP contribution in [0.4, 0.5) is 0 Å². The highest BCUT2D eigenvalue weighted by Gasteiger charge is 2.16. The molecule has 0 saturated heterocycles. The fraction of sp³-hybridized carbons (Fsp3) is 0.0909. The number of nitrogens with two attached hydrogens (primary N) is 1. The Hall–Kier alpha value is 0.0500. The summed E-state index contributed by atoms with van der Waals surface area (Å²) in [5.74, 6) is 5.65. The molecular formula is C11H10BrIN2S. The third kappa shape index (κ3) is 2.65. The van der Waals surface area contributed by atoms with Crippen molar-refractivity contribution in [3.05, 3.63) is 54.2 Å². The van der Waals surface area contributed by atoms with Crippen molar-refractivity contribution in [1.82, 2.24) is 5.43 Å². The molecule has 1 unspecified atom stereocenters. The van der Waals surface area contributed by atoms with E-state index in [2.05, 4.69) is 73.6 Å². The van der Waals surface area contributed by atoms with Gasteiger partial charge in [-0.05, 0) is 57.8 Å². The number of rotatable bonds is 3.